The van der Waals surface area contributed by atoms with Crippen molar-refractivity contribution in [1.29, 1.82) is 0 Å². The first-order valence-corrected chi connectivity index (χ1v) is 7.49. The zero-order valence-corrected chi connectivity index (χ0v) is 13.7. The third-order valence-electron chi connectivity index (χ3n) is 3.13. The molecule has 0 saturated carbocycles. The van der Waals surface area contributed by atoms with Gasteiger partial charge in [-0.3, -0.25) is 4.79 Å². The van der Waals surface area contributed by atoms with Crippen LogP contribution >= 0.6 is 0 Å². The molecule has 1 amide bonds. The topological polar surface area (TPSA) is 50.7 Å². The van der Waals surface area contributed by atoms with Crippen molar-refractivity contribution in [1.82, 2.24) is 5.43 Å². The zero-order chi connectivity index (χ0) is 15.8. The molecule has 0 heterocycles. The van der Waals surface area contributed by atoms with Gasteiger partial charge in [0.05, 0.1) is 0 Å². The van der Waals surface area contributed by atoms with Crippen LogP contribution in [0.15, 0.2) is 23.3 Å². The fourth-order valence-electron chi connectivity index (χ4n) is 1.99. The molecule has 4 nitrogen and oxygen atoms in total. The van der Waals surface area contributed by atoms with Crippen LogP contribution in [0.1, 0.15) is 57.6 Å². The van der Waals surface area contributed by atoms with Gasteiger partial charge in [0.1, 0.15) is 5.75 Å². The second kappa shape index (κ2) is 8.45. The Morgan fingerprint density at radius 2 is 2.10 bits per heavy atom. The third kappa shape index (κ3) is 5.98. The monoisotopic (exact) mass is 290 g/mol. The lowest BCUT2D eigenvalue weighted by atomic mass is 10.0. The molecule has 1 N–H and O–H groups in total. The number of carbonyl (C=O) groups is 1. The quantitative estimate of drug-likeness (QED) is 0.613. The molecule has 0 aromatic heterocycles. The van der Waals surface area contributed by atoms with Crippen molar-refractivity contribution in [3.63, 3.8) is 0 Å². The summed E-state index contributed by atoms with van der Waals surface area (Å²) < 4.78 is 5.65. The predicted octanol–water partition coefficient (Wildman–Crippen LogP) is 3.79. The summed E-state index contributed by atoms with van der Waals surface area (Å²) in [7, 11) is 0. The van der Waals surface area contributed by atoms with Crippen molar-refractivity contribution in [2.75, 3.05) is 6.61 Å². The van der Waals surface area contributed by atoms with Crippen molar-refractivity contribution in [3.8, 4) is 5.75 Å². The average Bonchev–Trinajstić information content (AvgIpc) is 2.43. The van der Waals surface area contributed by atoms with Crippen molar-refractivity contribution in [3.05, 3.63) is 29.3 Å². The van der Waals surface area contributed by atoms with E-state index in [1.165, 1.54) is 0 Å². The standard InChI is InChI=1S/C17H26N2O2/c1-6-7-14(5)18-19-17(20)11-21-16-10-13(4)8-9-15(16)12(2)3/h8-10,12H,6-7,11H2,1-5H3,(H,19,20)/b18-14-. The number of nitrogens with one attached hydrogen (secondary N) is 1. The Bertz CT molecular complexity index is 508. The third-order valence-corrected chi connectivity index (χ3v) is 3.13. The van der Waals surface area contributed by atoms with E-state index in [4.69, 9.17) is 4.74 Å². The summed E-state index contributed by atoms with van der Waals surface area (Å²) in [6.07, 6.45) is 1.90. The van der Waals surface area contributed by atoms with Gasteiger partial charge in [0.2, 0.25) is 0 Å². The van der Waals surface area contributed by atoms with E-state index in [0.29, 0.717) is 5.92 Å². The Hall–Kier alpha value is -1.84. The van der Waals surface area contributed by atoms with Gasteiger partial charge in [-0.1, -0.05) is 39.3 Å². The lowest BCUT2D eigenvalue weighted by Gasteiger charge is -2.14. The van der Waals surface area contributed by atoms with E-state index in [0.717, 1.165) is 35.4 Å². The van der Waals surface area contributed by atoms with E-state index in [1.807, 2.05) is 19.9 Å². The van der Waals surface area contributed by atoms with Gasteiger partial charge in [0.15, 0.2) is 6.61 Å². The van der Waals surface area contributed by atoms with E-state index >= 15 is 0 Å². The molecule has 0 aliphatic rings. The molecule has 0 fully saturated rings. The van der Waals surface area contributed by atoms with Crippen LogP contribution in [0.2, 0.25) is 0 Å². The van der Waals surface area contributed by atoms with Gasteiger partial charge in [-0.15, -0.1) is 0 Å². The number of aryl methyl sites for hydroxylation is 1. The van der Waals surface area contributed by atoms with E-state index in [1.54, 1.807) is 0 Å². The number of benzene rings is 1. The number of hydrogen-bond donors (Lipinski definition) is 1. The van der Waals surface area contributed by atoms with Crippen LogP contribution in [-0.2, 0) is 4.79 Å². The van der Waals surface area contributed by atoms with Gasteiger partial charge < -0.3 is 4.74 Å². The Morgan fingerprint density at radius 3 is 2.71 bits per heavy atom. The van der Waals surface area contributed by atoms with E-state index in [-0.39, 0.29) is 12.5 Å². The average molecular weight is 290 g/mol. The van der Waals surface area contributed by atoms with Crippen molar-refractivity contribution >= 4 is 11.6 Å². The number of rotatable bonds is 7. The van der Waals surface area contributed by atoms with E-state index in [9.17, 15) is 4.79 Å². The summed E-state index contributed by atoms with van der Waals surface area (Å²) >= 11 is 0. The zero-order valence-electron chi connectivity index (χ0n) is 13.7. The molecule has 0 spiro atoms. The SMILES string of the molecule is CCC/C(C)=N\NC(=O)COc1cc(C)ccc1C(C)C. The van der Waals surface area contributed by atoms with Crippen LogP contribution in [0.25, 0.3) is 0 Å². The number of hydrogen-bond acceptors (Lipinski definition) is 3. The first-order chi connectivity index (χ1) is 9.93. The predicted molar refractivity (Wildman–Crippen MR) is 86.9 cm³/mol. The van der Waals surface area contributed by atoms with Crippen LogP contribution in [0.3, 0.4) is 0 Å². The van der Waals surface area contributed by atoms with Gasteiger partial charge >= 0.3 is 0 Å². The fraction of sp³-hybridized carbons (Fsp3) is 0.529. The van der Waals surface area contributed by atoms with Crippen molar-refractivity contribution in [2.45, 2.75) is 53.4 Å². The Labute approximate surface area is 127 Å². The molecule has 1 aromatic rings. The number of carbonyl (C=O) groups excluding carboxylic acids is 1. The maximum atomic E-state index is 11.7. The van der Waals surface area contributed by atoms with Gasteiger partial charge in [-0.2, -0.15) is 5.10 Å². The van der Waals surface area contributed by atoms with Crippen LogP contribution in [0.5, 0.6) is 5.75 Å². The molecule has 0 atom stereocenters. The summed E-state index contributed by atoms with van der Waals surface area (Å²) in [5.41, 5.74) is 5.67. The maximum Gasteiger partial charge on any atom is 0.277 e. The number of nitrogens with zero attached hydrogens (tertiary/aromatic N) is 1. The van der Waals surface area contributed by atoms with Gasteiger partial charge in [-0.25, -0.2) is 5.43 Å². The van der Waals surface area contributed by atoms with E-state index < -0.39 is 0 Å². The van der Waals surface area contributed by atoms with Crippen LogP contribution in [0, 0.1) is 6.92 Å². The molecule has 0 aliphatic heterocycles. The van der Waals surface area contributed by atoms with E-state index in [2.05, 4.69) is 43.4 Å². The molecule has 4 heteroatoms. The Morgan fingerprint density at radius 1 is 1.38 bits per heavy atom. The molecule has 1 rings (SSSR count). The first kappa shape index (κ1) is 17.2. The highest BCUT2D eigenvalue weighted by Crippen LogP contribution is 2.27. The number of ether oxygens (including phenoxy) is 1. The minimum Gasteiger partial charge on any atom is -0.483 e. The largest absolute Gasteiger partial charge is 0.483 e. The lowest BCUT2D eigenvalue weighted by Crippen LogP contribution is -2.25. The van der Waals surface area contributed by atoms with Crippen LogP contribution < -0.4 is 10.2 Å². The van der Waals surface area contributed by atoms with Gasteiger partial charge in [-0.05, 0) is 43.4 Å². The molecule has 0 saturated heterocycles. The minimum absolute atomic E-state index is 0.0217. The number of amides is 1. The highest BCUT2D eigenvalue weighted by Gasteiger charge is 2.10. The number of hydrazone groups is 1. The van der Waals surface area contributed by atoms with Crippen molar-refractivity contribution < 1.29 is 9.53 Å². The highest BCUT2D eigenvalue weighted by atomic mass is 16.5. The molecule has 1 aromatic carbocycles. The molecule has 0 unspecified atom stereocenters. The highest BCUT2D eigenvalue weighted by molar-refractivity contribution is 5.84. The maximum absolute atomic E-state index is 11.7. The summed E-state index contributed by atoms with van der Waals surface area (Å²) in [5, 5.41) is 4.04. The van der Waals surface area contributed by atoms with Crippen LogP contribution in [0.4, 0.5) is 0 Å². The fourth-order valence-corrected chi connectivity index (χ4v) is 1.99. The van der Waals surface area contributed by atoms with Crippen molar-refractivity contribution in [2.24, 2.45) is 5.10 Å². The second-order valence-electron chi connectivity index (χ2n) is 5.62. The summed E-state index contributed by atoms with van der Waals surface area (Å²) in [6, 6.07) is 6.08. The molecule has 0 radical (unpaired) electrons. The molecular weight excluding hydrogens is 264 g/mol. The first-order valence-electron chi connectivity index (χ1n) is 7.49. The summed E-state index contributed by atoms with van der Waals surface area (Å²) in [6.45, 7) is 10.2. The Kier molecular flexibility index (Phi) is 6.92. The molecule has 21 heavy (non-hydrogen) atoms. The molecular formula is C17H26N2O2. The normalized spacial score (nSPS) is 11.6. The summed E-state index contributed by atoms with van der Waals surface area (Å²) in [4.78, 5) is 11.7. The Balaban J connectivity index is 2.61. The summed E-state index contributed by atoms with van der Waals surface area (Å²) in [5.74, 6) is 0.893. The van der Waals surface area contributed by atoms with Gasteiger partial charge in [0, 0.05) is 5.71 Å². The molecule has 0 bridgehead atoms. The second-order valence-corrected chi connectivity index (χ2v) is 5.62. The molecule has 116 valence electrons. The van der Waals surface area contributed by atoms with Gasteiger partial charge in [0.25, 0.3) is 5.91 Å². The van der Waals surface area contributed by atoms with Crippen LogP contribution in [-0.4, -0.2) is 18.2 Å². The molecule has 0 aliphatic carbocycles. The smallest absolute Gasteiger partial charge is 0.277 e. The lowest BCUT2D eigenvalue weighted by molar-refractivity contribution is -0.123. The minimum atomic E-state index is -0.235.